The molecule has 2 aliphatic rings. The van der Waals surface area contributed by atoms with Gasteiger partial charge in [-0.15, -0.1) is 0 Å². The minimum Gasteiger partial charge on any atom is -0.297 e. The van der Waals surface area contributed by atoms with E-state index in [4.69, 9.17) is 0 Å². The van der Waals surface area contributed by atoms with Gasteiger partial charge in [0.2, 0.25) is 0 Å². The Balaban J connectivity index is 2.05. The Morgan fingerprint density at radius 3 is 2.08 bits per heavy atom. The van der Waals surface area contributed by atoms with Crippen LogP contribution in [0.5, 0.6) is 0 Å². The van der Waals surface area contributed by atoms with Crippen LogP contribution in [0.25, 0.3) is 0 Å². The molecule has 2 rings (SSSR count). The van der Waals surface area contributed by atoms with Gasteiger partial charge in [0.25, 0.3) is 0 Å². The molecule has 0 bridgehead atoms. The lowest BCUT2D eigenvalue weighted by molar-refractivity contribution is -0.158. The van der Waals surface area contributed by atoms with Gasteiger partial charge in [-0.05, 0) is 38.0 Å². The van der Waals surface area contributed by atoms with Crippen molar-refractivity contribution in [1.29, 1.82) is 0 Å². The van der Waals surface area contributed by atoms with Crippen molar-refractivity contribution in [1.82, 2.24) is 4.90 Å². The maximum absolute atomic E-state index is 2.70. The molecule has 1 saturated carbocycles. The molecule has 0 amide bonds. The molecule has 13 heavy (non-hydrogen) atoms. The molecule has 1 nitrogen and oxygen atoms in total. The van der Waals surface area contributed by atoms with E-state index in [2.05, 4.69) is 32.6 Å². The van der Waals surface area contributed by atoms with E-state index in [1.165, 1.54) is 25.8 Å². The predicted octanol–water partition coefficient (Wildman–Crippen LogP) is 2.91. The minimum absolute atomic E-state index is 0.749. The van der Waals surface area contributed by atoms with Gasteiger partial charge in [-0.2, -0.15) is 0 Å². The molecule has 0 radical (unpaired) electrons. The van der Waals surface area contributed by atoms with Crippen LogP contribution in [-0.4, -0.2) is 23.5 Å². The van der Waals surface area contributed by atoms with Crippen molar-refractivity contribution in [3.63, 3.8) is 0 Å². The molecule has 0 aromatic carbocycles. The number of hydrogen-bond donors (Lipinski definition) is 0. The highest BCUT2D eigenvalue weighted by molar-refractivity contribution is 5.10. The molecule has 1 heterocycles. The van der Waals surface area contributed by atoms with E-state index < -0.39 is 0 Å². The van der Waals surface area contributed by atoms with Gasteiger partial charge < -0.3 is 0 Å². The van der Waals surface area contributed by atoms with Crippen LogP contribution in [0, 0.1) is 11.3 Å². The Labute approximate surface area is 82.5 Å². The van der Waals surface area contributed by atoms with E-state index in [0.717, 1.165) is 23.4 Å². The summed E-state index contributed by atoms with van der Waals surface area (Å²) >= 11 is 0. The summed E-state index contributed by atoms with van der Waals surface area (Å²) in [6, 6.07) is 1.64. The van der Waals surface area contributed by atoms with Gasteiger partial charge in [-0.3, -0.25) is 4.90 Å². The van der Waals surface area contributed by atoms with Gasteiger partial charge >= 0.3 is 0 Å². The quantitative estimate of drug-likeness (QED) is 0.633. The fourth-order valence-electron chi connectivity index (χ4n) is 3.47. The average Bonchev–Trinajstić information content (AvgIpc) is 1.77. The molecule has 0 aromatic heterocycles. The molecule has 0 aromatic rings. The van der Waals surface area contributed by atoms with Crippen LogP contribution in [0.3, 0.4) is 0 Å². The summed E-state index contributed by atoms with van der Waals surface area (Å²) in [6.07, 6.45) is 4.48. The van der Waals surface area contributed by atoms with Crippen LogP contribution >= 0.6 is 0 Å². The third-order valence-electron chi connectivity index (χ3n) is 4.13. The first-order chi connectivity index (χ1) is 6.07. The van der Waals surface area contributed by atoms with E-state index in [1.807, 2.05) is 0 Å². The van der Waals surface area contributed by atoms with Crippen molar-refractivity contribution in [2.75, 3.05) is 6.54 Å². The Kier molecular flexibility index (Phi) is 2.18. The van der Waals surface area contributed by atoms with E-state index >= 15 is 0 Å². The maximum Gasteiger partial charge on any atom is 0.0190 e. The van der Waals surface area contributed by atoms with Gasteiger partial charge in [0, 0.05) is 18.6 Å². The summed E-state index contributed by atoms with van der Waals surface area (Å²) in [4.78, 5) is 2.70. The van der Waals surface area contributed by atoms with E-state index in [-0.39, 0.29) is 0 Å². The lowest BCUT2D eigenvalue weighted by Gasteiger charge is -2.65. The molecular weight excluding hydrogens is 158 g/mol. The molecule has 76 valence electrons. The molecule has 1 saturated heterocycles. The normalized spacial score (nSPS) is 32.3. The molecule has 1 atom stereocenters. The van der Waals surface area contributed by atoms with Crippen molar-refractivity contribution >= 4 is 0 Å². The summed E-state index contributed by atoms with van der Waals surface area (Å²) in [5.74, 6) is 0.844. The average molecular weight is 181 g/mol. The standard InChI is InChI=1S/C12H23N/c1-9(2)11-12(6-5-7-12)8-13(11)10(3)4/h9-11H,5-8H2,1-4H3. The fourth-order valence-corrected chi connectivity index (χ4v) is 3.47. The highest BCUT2D eigenvalue weighted by Crippen LogP contribution is 2.55. The van der Waals surface area contributed by atoms with Crippen molar-refractivity contribution in [3.8, 4) is 0 Å². The lowest BCUT2D eigenvalue weighted by Crippen LogP contribution is -2.70. The largest absolute Gasteiger partial charge is 0.297 e. The van der Waals surface area contributed by atoms with Gasteiger partial charge in [-0.25, -0.2) is 0 Å². The van der Waals surface area contributed by atoms with Crippen molar-refractivity contribution < 1.29 is 0 Å². The number of rotatable bonds is 2. The van der Waals surface area contributed by atoms with Crippen LogP contribution in [-0.2, 0) is 0 Å². The summed E-state index contributed by atoms with van der Waals surface area (Å²) in [5.41, 5.74) is 0.762. The second-order valence-corrected chi connectivity index (χ2v) is 5.67. The monoisotopic (exact) mass is 181 g/mol. The molecule has 1 unspecified atom stereocenters. The van der Waals surface area contributed by atoms with Gasteiger partial charge in [0.05, 0.1) is 0 Å². The first-order valence-electron chi connectivity index (χ1n) is 5.82. The van der Waals surface area contributed by atoms with Gasteiger partial charge in [0.1, 0.15) is 0 Å². The van der Waals surface area contributed by atoms with Crippen LogP contribution in [0.1, 0.15) is 47.0 Å². The molecule has 1 aliphatic carbocycles. The van der Waals surface area contributed by atoms with Crippen molar-refractivity contribution in [2.45, 2.75) is 59.0 Å². The maximum atomic E-state index is 2.70. The first kappa shape index (κ1) is 9.51. The molecule has 1 spiro atoms. The number of likely N-dealkylation sites (tertiary alicyclic amines) is 1. The van der Waals surface area contributed by atoms with Crippen LogP contribution in [0.15, 0.2) is 0 Å². The second kappa shape index (κ2) is 2.98. The van der Waals surface area contributed by atoms with Crippen LogP contribution < -0.4 is 0 Å². The molecule has 2 fully saturated rings. The zero-order valence-corrected chi connectivity index (χ0v) is 9.51. The zero-order valence-electron chi connectivity index (χ0n) is 9.51. The van der Waals surface area contributed by atoms with E-state index in [0.29, 0.717) is 0 Å². The number of nitrogens with zero attached hydrogens (tertiary/aromatic N) is 1. The van der Waals surface area contributed by atoms with Gasteiger partial charge in [-0.1, -0.05) is 20.3 Å². The number of hydrogen-bond acceptors (Lipinski definition) is 1. The predicted molar refractivity (Wildman–Crippen MR) is 56.8 cm³/mol. The summed E-state index contributed by atoms with van der Waals surface area (Å²) in [7, 11) is 0. The van der Waals surface area contributed by atoms with Crippen molar-refractivity contribution in [3.05, 3.63) is 0 Å². The summed E-state index contributed by atoms with van der Waals surface area (Å²) in [6.45, 7) is 10.8. The Morgan fingerprint density at radius 1 is 1.15 bits per heavy atom. The second-order valence-electron chi connectivity index (χ2n) is 5.67. The van der Waals surface area contributed by atoms with Crippen molar-refractivity contribution in [2.24, 2.45) is 11.3 Å². The van der Waals surface area contributed by atoms with Gasteiger partial charge in [0.15, 0.2) is 0 Å². The Bertz CT molecular complexity index is 191. The summed E-state index contributed by atoms with van der Waals surface area (Å²) < 4.78 is 0. The third-order valence-corrected chi connectivity index (χ3v) is 4.13. The van der Waals surface area contributed by atoms with Crippen LogP contribution in [0.2, 0.25) is 0 Å². The SMILES string of the molecule is CC(C)C1N(C(C)C)CC12CCC2. The molecule has 0 N–H and O–H groups in total. The molecular formula is C12H23N. The zero-order chi connectivity index (χ0) is 9.64. The summed E-state index contributed by atoms with van der Waals surface area (Å²) in [5, 5.41) is 0. The topological polar surface area (TPSA) is 3.24 Å². The van der Waals surface area contributed by atoms with Crippen LogP contribution in [0.4, 0.5) is 0 Å². The van der Waals surface area contributed by atoms with E-state index in [1.54, 1.807) is 0 Å². The Morgan fingerprint density at radius 2 is 1.77 bits per heavy atom. The fraction of sp³-hybridized carbons (Fsp3) is 1.00. The smallest absolute Gasteiger partial charge is 0.0190 e. The lowest BCUT2D eigenvalue weighted by atomic mass is 9.55. The highest BCUT2D eigenvalue weighted by Gasteiger charge is 2.56. The Hall–Kier alpha value is -0.0400. The minimum atomic E-state index is 0.749. The first-order valence-corrected chi connectivity index (χ1v) is 5.82. The highest BCUT2D eigenvalue weighted by atomic mass is 15.3. The molecule has 1 heteroatoms. The molecule has 1 aliphatic heterocycles. The third kappa shape index (κ3) is 1.24. The van der Waals surface area contributed by atoms with E-state index in [9.17, 15) is 0 Å².